The first-order chi connectivity index (χ1) is 5.91. The van der Waals surface area contributed by atoms with Crippen LogP contribution in [0.5, 0.6) is 0 Å². The highest BCUT2D eigenvalue weighted by atomic mass is 19.1. The zero-order valence-corrected chi connectivity index (χ0v) is 8.34. The molecule has 1 atom stereocenters. The summed E-state index contributed by atoms with van der Waals surface area (Å²) in [6.07, 6.45) is 0. The van der Waals surface area contributed by atoms with Crippen molar-refractivity contribution in [1.82, 2.24) is 0 Å². The fourth-order valence-corrected chi connectivity index (χ4v) is 1.20. The van der Waals surface area contributed by atoms with Gasteiger partial charge < -0.3 is 5.73 Å². The molecule has 0 aliphatic heterocycles. The molecule has 0 amide bonds. The zero-order valence-electron chi connectivity index (χ0n) is 8.34. The van der Waals surface area contributed by atoms with E-state index < -0.39 is 0 Å². The van der Waals surface area contributed by atoms with Gasteiger partial charge in [-0.3, -0.25) is 0 Å². The van der Waals surface area contributed by atoms with Crippen LogP contribution in [0.2, 0.25) is 0 Å². The fourth-order valence-electron chi connectivity index (χ4n) is 1.20. The molecule has 1 rings (SSSR count). The molecule has 0 saturated heterocycles. The average Bonchev–Trinajstić information content (AvgIpc) is 2.01. The van der Waals surface area contributed by atoms with Crippen molar-refractivity contribution in [3.05, 3.63) is 35.6 Å². The molecular weight excluding hydrogens is 165 g/mol. The number of hydrogen-bond acceptors (Lipinski definition) is 1. The summed E-state index contributed by atoms with van der Waals surface area (Å²) in [6, 6.07) is 6.35. The summed E-state index contributed by atoms with van der Waals surface area (Å²) >= 11 is 0. The van der Waals surface area contributed by atoms with Crippen molar-refractivity contribution in [1.29, 1.82) is 0 Å². The highest BCUT2D eigenvalue weighted by molar-refractivity contribution is 5.21. The monoisotopic (exact) mass is 181 g/mol. The summed E-state index contributed by atoms with van der Waals surface area (Å²) in [6.45, 7) is 6.13. The van der Waals surface area contributed by atoms with Crippen molar-refractivity contribution in [2.75, 3.05) is 0 Å². The van der Waals surface area contributed by atoms with Gasteiger partial charge in [0.2, 0.25) is 0 Å². The highest BCUT2D eigenvalue weighted by Gasteiger charge is 2.22. The minimum atomic E-state index is -0.225. The van der Waals surface area contributed by atoms with E-state index in [1.165, 1.54) is 12.1 Å². The molecule has 1 aromatic carbocycles. The summed E-state index contributed by atoms with van der Waals surface area (Å²) < 4.78 is 12.9. The Morgan fingerprint density at radius 1 is 1.31 bits per heavy atom. The second-order valence-electron chi connectivity index (χ2n) is 4.40. The van der Waals surface area contributed by atoms with Crippen molar-refractivity contribution < 1.29 is 4.39 Å². The second-order valence-corrected chi connectivity index (χ2v) is 4.40. The Morgan fingerprint density at radius 3 is 2.38 bits per heavy atom. The Bertz CT molecular complexity index is 288. The SMILES string of the molecule is CC(C)(C)[C@@H](N)c1cccc(F)c1. The van der Waals surface area contributed by atoms with Gasteiger partial charge in [0.25, 0.3) is 0 Å². The molecule has 1 nitrogen and oxygen atoms in total. The first kappa shape index (κ1) is 10.2. The van der Waals surface area contributed by atoms with Gasteiger partial charge >= 0.3 is 0 Å². The Balaban J connectivity index is 2.96. The van der Waals surface area contributed by atoms with Crippen molar-refractivity contribution in [2.45, 2.75) is 26.8 Å². The Hall–Kier alpha value is -0.890. The van der Waals surface area contributed by atoms with Gasteiger partial charge in [-0.25, -0.2) is 4.39 Å². The summed E-state index contributed by atoms with van der Waals surface area (Å²) in [7, 11) is 0. The maximum absolute atomic E-state index is 12.9. The van der Waals surface area contributed by atoms with Crippen LogP contribution in [0.4, 0.5) is 4.39 Å². The lowest BCUT2D eigenvalue weighted by molar-refractivity contribution is 0.326. The third-order valence-corrected chi connectivity index (χ3v) is 2.14. The van der Waals surface area contributed by atoms with E-state index in [4.69, 9.17) is 5.73 Å². The van der Waals surface area contributed by atoms with Gasteiger partial charge in [0.05, 0.1) is 0 Å². The van der Waals surface area contributed by atoms with E-state index in [1.807, 2.05) is 26.8 Å². The molecule has 1 aromatic rings. The van der Waals surface area contributed by atoms with Crippen LogP contribution in [-0.4, -0.2) is 0 Å². The predicted molar refractivity (Wildman–Crippen MR) is 52.8 cm³/mol. The Morgan fingerprint density at radius 2 is 1.92 bits per heavy atom. The first-order valence-electron chi connectivity index (χ1n) is 4.42. The smallest absolute Gasteiger partial charge is 0.123 e. The lowest BCUT2D eigenvalue weighted by Gasteiger charge is -2.27. The van der Waals surface area contributed by atoms with Gasteiger partial charge in [0.1, 0.15) is 5.82 Å². The molecule has 0 aromatic heterocycles. The molecule has 0 spiro atoms. The summed E-state index contributed by atoms with van der Waals surface area (Å²) in [5.74, 6) is -0.225. The van der Waals surface area contributed by atoms with Crippen LogP contribution in [0.25, 0.3) is 0 Å². The van der Waals surface area contributed by atoms with Gasteiger partial charge in [0, 0.05) is 6.04 Å². The third kappa shape index (κ3) is 2.52. The number of rotatable bonds is 1. The van der Waals surface area contributed by atoms with Gasteiger partial charge in [-0.1, -0.05) is 32.9 Å². The van der Waals surface area contributed by atoms with E-state index >= 15 is 0 Å². The second kappa shape index (κ2) is 3.46. The van der Waals surface area contributed by atoms with Gasteiger partial charge in [0.15, 0.2) is 0 Å². The van der Waals surface area contributed by atoms with Crippen LogP contribution in [0, 0.1) is 11.2 Å². The van der Waals surface area contributed by atoms with Crippen LogP contribution in [0.3, 0.4) is 0 Å². The molecule has 0 radical (unpaired) electrons. The molecule has 2 N–H and O–H groups in total. The maximum atomic E-state index is 12.9. The first-order valence-corrected chi connectivity index (χ1v) is 4.42. The maximum Gasteiger partial charge on any atom is 0.123 e. The van der Waals surface area contributed by atoms with E-state index in [-0.39, 0.29) is 17.3 Å². The molecular formula is C11H16FN. The summed E-state index contributed by atoms with van der Waals surface area (Å²) in [5.41, 5.74) is 6.79. The standard InChI is InChI=1S/C11H16FN/c1-11(2,3)10(13)8-5-4-6-9(12)7-8/h4-7,10H,13H2,1-3H3/t10-/m0/s1. The van der Waals surface area contributed by atoms with Gasteiger partial charge in [-0.2, -0.15) is 0 Å². The topological polar surface area (TPSA) is 26.0 Å². The van der Waals surface area contributed by atoms with Crippen molar-refractivity contribution >= 4 is 0 Å². The number of hydrogen-bond donors (Lipinski definition) is 1. The minimum Gasteiger partial charge on any atom is -0.324 e. The van der Waals surface area contributed by atoms with E-state index in [0.29, 0.717) is 0 Å². The average molecular weight is 181 g/mol. The molecule has 0 aliphatic rings. The quantitative estimate of drug-likeness (QED) is 0.708. The van der Waals surface area contributed by atoms with Crippen molar-refractivity contribution in [3.63, 3.8) is 0 Å². The normalized spacial score (nSPS) is 14.2. The van der Waals surface area contributed by atoms with E-state index in [1.54, 1.807) is 6.07 Å². The molecule has 0 aliphatic carbocycles. The molecule has 0 unspecified atom stereocenters. The largest absolute Gasteiger partial charge is 0.324 e. The van der Waals surface area contributed by atoms with Crippen LogP contribution in [-0.2, 0) is 0 Å². The van der Waals surface area contributed by atoms with Crippen LogP contribution < -0.4 is 5.73 Å². The molecule has 13 heavy (non-hydrogen) atoms. The Labute approximate surface area is 78.8 Å². The van der Waals surface area contributed by atoms with Gasteiger partial charge in [-0.15, -0.1) is 0 Å². The van der Waals surface area contributed by atoms with E-state index in [2.05, 4.69) is 0 Å². The molecule has 72 valence electrons. The molecule has 0 fully saturated rings. The molecule has 0 heterocycles. The van der Waals surface area contributed by atoms with Crippen LogP contribution in [0.1, 0.15) is 32.4 Å². The van der Waals surface area contributed by atoms with Crippen molar-refractivity contribution in [2.24, 2.45) is 11.1 Å². The van der Waals surface area contributed by atoms with E-state index in [0.717, 1.165) is 5.56 Å². The number of halogens is 1. The van der Waals surface area contributed by atoms with E-state index in [9.17, 15) is 4.39 Å². The van der Waals surface area contributed by atoms with Crippen LogP contribution >= 0.6 is 0 Å². The fraction of sp³-hybridized carbons (Fsp3) is 0.455. The highest BCUT2D eigenvalue weighted by Crippen LogP contribution is 2.30. The number of benzene rings is 1. The lowest BCUT2D eigenvalue weighted by atomic mass is 9.83. The minimum absolute atomic E-state index is 0.0339. The van der Waals surface area contributed by atoms with Gasteiger partial charge in [-0.05, 0) is 23.1 Å². The molecule has 0 saturated carbocycles. The predicted octanol–water partition coefficient (Wildman–Crippen LogP) is 2.87. The summed E-state index contributed by atoms with van der Waals surface area (Å²) in [5, 5.41) is 0. The molecule has 2 heteroatoms. The lowest BCUT2D eigenvalue weighted by Crippen LogP contribution is -2.26. The zero-order chi connectivity index (χ0) is 10.1. The Kier molecular flexibility index (Phi) is 2.71. The molecule has 0 bridgehead atoms. The van der Waals surface area contributed by atoms with Crippen LogP contribution in [0.15, 0.2) is 24.3 Å². The number of nitrogens with two attached hydrogens (primary N) is 1. The summed E-state index contributed by atoms with van der Waals surface area (Å²) in [4.78, 5) is 0. The third-order valence-electron chi connectivity index (χ3n) is 2.14. The van der Waals surface area contributed by atoms with Crippen molar-refractivity contribution in [3.8, 4) is 0 Å².